The van der Waals surface area contributed by atoms with Gasteiger partial charge >= 0.3 is 0 Å². The smallest absolute Gasteiger partial charge is 0.239 e. The van der Waals surface area contributed by atoms with Crippen molar-refractivity contribution in [3.8, 4) is 0 Å². The third-order valence-electron chi connectivity index (χ3n) is 4.15. The van der Waals surface area contributed by atoms with Crippen LogP contribution in [0.5, 0.6) is 0 Å². The number of amides is 2. The van der Waals surface area contributed by atoms with Gasteiger partial charge in [0.25, 0.3) is 0 Å². The van der Waals surface area contributed by atoms with Gasteiger partial charge in [0.15, 0.2) is 9.84 Å². The van der Waals surface area contributed by atoms with Gasteiger partial charge in [-0.1, -0.05) is 17.7 Å². The summed E-state index contributed by atoms with van der Waals surface area (Å²) in [6, 6.07) is 7.13. The maximum atomic E-state index is 12.2. The Labute approximate surface area is 143 Å². The fourth-order valence-electron chi connectivity index (χ4n) is 2.82. The second-order valence-corrected chi connectivity index (χ2v) is 8.44. The molecule has 0 aliphatic carbocycles. The van der Waals surface area contributed by atoms with Crippen LogP contribution >= 0.6 is 0 Å². The number of rotatable bonds is 5. The minimum Gasteiger partial charge on any atom is -0.339 e. The topological polar surface area (TPSA) is 83.5 Å². The summed E-state index contributed by atoms with van der Waals surface area (Å²) in [4.78, 5) is 25.7. The fourth-order valence-corrected chi connectivity index (χ4v) is 3.94. The molecular weight excluding hydrogens is 328 g/mol. The van der Waals surface area contributed by atoms with Crippen LogP contribution in [0.25, 0.3) is 0 Å². The number of aryl methyl sites for hydroxylation is 1. The summed E-state index contributed by atoms with van der Waals surface area (Å²) in [5, 5.41) is 2.54. The van der Waals surface area contributed by atoms with Crippen molar-refractivity contribution in [3.05, 3.63) is 29.8 Å². The van der Waals surface area contributed by atoms with Crippen LogP contribution in [0.15, 0.2) is 24.3 Å². The lowest BCUT2D eigenvalue weighted by Crippen LogP contribution is -2.45. The standard InChI is InChI=1S/C17H24N2O4S/c1-13-6-8-15(9-7-13)18-16(20)11-24(22,23)12-17(21)19-10-4-3-5-14(19)2/h6-9,14H,3-5,10-12H2,1-2H3,(H,18,20). The first kappa shape index (κ1) is 18.4. The number of likely N-dealkylation sites (tertiary alicyclic amines) is 1. The summed E-state index contributed by atoms with van der Waals surface area (Å²) in [5.74, 6) is -2.34. The van der Waals surface area contributed by atoms with Gasteiger partial charge in [0.1, 0.15) is 11.5 Å². The Morgan fingerprint density at radius 1 is 1.17 bits per heavy atom. The first-order chi connectivity index (χ1) is 11.3. The van der Waals surface area contributed by atoms with Gasteiger partial charge in [0.2, 0.25) is 11.8 Å². The number of carbonyl (C=O) groups is 2. The van der Waals surface area contributed by atoms with Crippen LogP contribution in [-0.4, -0.2) is 49.2 Å². The number of nitrogens with zero attached hydrogens (tertiary/aromatic N) is 1. The molecule has 132 valence electrons. The summed E-state index contributed by atoms with van der Waals surface area (Å²) < 4.78 is 24.3. The van der Waals surface area contributed by atoms with E-state index in [1.807, 2.05) is 26.0 Å². The van der Waals surface area contributed by atoms with Gasteiger partial charge in [-0.2, -0.15) is 0 Å². The van der Waals surface area contributed by atoms with E-state index in [1.165, 1.54) is 0 Å². The molecule has 1 aromatic rings. The molecule has 1 aromatic carbocycles. The van der Waals surface area contributed by atoms with E-state index in [0.717, 1.165) is 24.8 Å². The zero-order chi connectivity index (χ0) is 17.7. The van der Waals surface area contributed by atoms with Crippen molar-refractivity contribution in [1.29, 1.82) is 0 Å². The molecule has 0 radical (unpaired) electrons. The van der Waals surface area contributed by atoms with Gasteiger partial charge < -0.3 is 10.2 Å². The van der Waals surface area contributed by atoms with Crippen molar-refractivity contribution < 1.29 is 18.0 Å². The number of anilines is 1. The quantitative estimate of drug-likeness (QED) is 0.875. The van der Waals surface area contributed by atoms with Crippen LogP contribution in [0, 0.1) is 6.92 Å². The average molecular weight is 352 g/mol. The van der Waals surface area contributed by atoms with Gasteiger partial charge in [-0.15, -0.1) is 0 Å². The summed E-state index contributed by atoms with van der Waals surface area (Å²) in [5.41, 5.74) is 1.58. The van der Waals surface area contributed by atoms with Gasteiger partial charge in [-0.05, 0) is 45.2 Å². The number of piperidine rings is 1. The van der Waals surface area contributed by atoms with E-state index >= 15 is 0 Å². The van der Waals surface area contributed by atoms with Crippen molar-refractivity contribution in [2.45, 2.75) is 39.2 Å². The molecular formula is C17H24N2O4S. The molecule has 2 amide bonds. The molecule has 24 heavy (non-hydrogen) atoms. The molecule has 1 aliphatic heterocycles. The van der Waals surface area contributed by atoms with Crippen LogP contribution in [-0.2, 0) is 19.4 Å². The Hall–Kier alpha value is -1.89. The van der Waals surface area contributed by atoms with E-state index in [-0.39, 0.29) is 6.04 Å². The summed E-state index contributed by atoms with van der Waals surface area (Å²) in [6.45, 7) is 4.43. The van der Waals surface area contributed by atoms with Gasteiger partial charge in [0.05, 0.1) is 0 Å². The minimum atomic E-state index is -3.78. The molecule has 7 heteroatoms. The number of hydrogen-bond acceptors (Lipinski definition) is 4. The molecule has 1 atom stereocenters. The van der Waals surface area contributed by atoms with E-state index in [0.29, 0.717) is 12.2 Å². The maximum absolute atomic E-state index is 12.2. The highest BCUT2D eigenvalue weighted by Gasteiger charge is 2.28. The normalized spacial score (nSPS) is 18.2. The number of sulfone groups is 1. The molecule has 1 heterocycles. The Morgan fingerprint density at radius 2 is 1.83 bits per heavy atom. The third-order valence-corrected chi connectivity index (χ3v) is 5.54. The SMILES string of the molecule is Cc1ccc(NC(=O)CS(=O)(=O)CC(=O)N2CCCCC2C)cc1. The lowest BCUT2D eigenvalue weighted by Gasteiger charge is -2.33. The van der Waals surface area contributed by atoms with E-state index in [4.69, 9.17) is 0 Å². The van der Waals surface area contributed by atoms with Gasteiger partial charge in [-0.3, -0.25) is 9.59 Å². The Bertz CT molecular complexity index is 698. The van der Waals surface area contributed by atoms with Crippen molar-refractivity contribution in [1.82, 2.24) is 4.90 Å². The average Bonchev–Trinajstić information content (AvgIpc) is 2.48. The predicted octanol–water partition coefficient (Wildman–Crippen LogP) is 1.75. The van der Waals surface area contributed by atoms with Crippen LogP contribution in [0.2, 0.25) is 0 Å². The molecule has 6 nitrogen and oxygen atoms in total. The molecule has 0 bridgehead atoms. The van der Waals surface area contributed by atoms with Crippen molar-refractivity contribution in [2.24, 2.45) is 0 Å². The third kappa shape index (κ3) is 5.33. The molecule has 2 rings (SSSR count). The number of hydrogen-bond donors (Lipinski definition) is 1. The molecule has 0 saturated carbocycles. The molecule has 1 aliphatic rings. The zero-order valence-electron chi connectivity index (χ0n) is 14.1. The second kappa shape index (κ2) is 7.79. The van der Waals surface area contributed by atoms with Crippen LogP contribution in [0.3, 0.4) is 0 Å². The number of nitrogens with one attached hydrogen (secondary N) is 1. The van der Waals surface area contributed by atoms with Crippen LogP contribution < -0.4 is 5.32 Å². The lowest BCUT2D eigenvalue weighted by atomic mass is 10.0. The minimum absolute atomic E-state index is 0.0582. The summed E-state index contributed by atoms with van der Waals surface area (Å²) in [7, 11) is -3.78. The molecule has 0 aromatic heterocycles. The van der Waals surface area contributed by atoms with E-state index in [1.54, 1.807) is 17.0 Å². The first-order valence-corrected chi connectivity index (χ1v) is 9.95. The maximum Gasteiger partial charge on any atom is 0.239 e. The van der Waals surface area contributed by atoms with Crippen LogP contribution in [0.4, 0.5) is 5.69 Å². The molecule has 0 spiro atoms. The van der Waals surface area contributed by atoms with E-state index < -0.39 is 33.2 Å². The monoisotopic (exact) mass is 352 g/mol. The second-order valence-electron chi connectivity index (χ2n) is 6.38. The Morgan fingerprint density at radius 3 is 2.46 bits per heavy atom. The summed E-state index contributed by atoms with van der Waals surface area (Å²) >= 11 is 0. The van der Waals surface area contributed by atoms with Gasteiger partial charge in [0, 0.05) is 18.3 Å². The highest BCUT2D eigenvalue weighted by Crippen LogP contribution is 2.17. The largest absolute Gasteiger partial charge is 0.339 e. The molecule has 1 saturated heterocycles. The summed E-state index contributed by atoms with van der Waals surface area (Å²) in [6.07, 6.45) is 2.83. The van der Waals surface area contributed by atoms with Crippen molar-refractivity contribution in [3.63, 3.8) is 0 Å². The first-order valence-electron chi connectivity index (χ1n) is 8.13. The van der Waals surface area contributed by atoms with Crippen molar-refractivity contribution >= 4 is 27.3 Å². The van der Waals surface area contributed by atoms with Crippen molar-refractivity contribution in [2.75, 3.05) is 23.4 Å². The lowest BCUT2D eigenvalue weighted by molar-refractivity contribution is -0.131. The zero-order valence-corrected chi connectivity index (χ0v) is 14.9. The van der Waals surface area contributed by atoms with E-state index in [2.05, 4.69) is 5.32 Å². The Balaban J connectivity index is 1.91. The molecule has 1 N–H and O–H groups in total. The van der Waals surface area contributed by atoms with E-state index in [9.17, 15) is 18.0 Å². The van der Waals surface area contributed by atoms with Crippen LogP contribution in [0.1, 0.15) is 31.7 Å². The van der Waals surface area contributed by atoms with Gasteiger partial charge in [-0.25, -0.2) is 8.42 Å². The predicted molar refractivity (Wildman–Crippen MR) is 93.5 cm³/mol. The highest BCUT2D eigenvalue weighted by molar-refractivity contribution is 7.92. The number of benzene rings is 1. The fraction of sp³-hybridized carbons (Fsp3) is 0.529. The highest BCUT2D eigenvalue weighted by atomic mass is 32.2. The molecule has 1 fully saturated rings. The number of carbonyl (C=O) groups excluding carboxylic acids is 2. The molecule has 1 unspecified atom stereocenters. The Kier molecular flexibility index (Phi) is 5.99.